The lowest BCUT2D eigenvalue weighted by molar-refractivity contribution is -0.117. The molecule has 9 heteroatoms. The number of methoxy groups -OCH3 is 2. The van der Waals surface area contributed by atoms with Crippen molar-refractivity contribution in [2.75, 3.05) is 58.0 Å². The fraction of sp³-hybridized carbons (Fsp3) is 0.632. The first-order chi connectivity index (χ1) is 13.2. The molecule has 2 rings (SSSR count). The Bertz CT molecular complexity index is 767. The number of amides is 1. The molecule has 0 spiro atoms. The number of carbonyl (C=O) groups is 1. The average molecular weight is 414 g/mol. The van der Waals surface area contributed by atoms with Gasteiger partial charge in [-0.2, -0.15) is 0 Å². The van der Waals surface area contributed by atoms with Crippen LogP contribution in [0.3, 0.4) is 0 Å². The molecule has 1 aromatic carbocycles. The van der Waals surface area contributed by atoms with Crippen molar-refractivity contribution in [1.82, 2.24) is 9.21 Å². The Morgan fingerprint density at radius 3 is 2.54 bits per heavy atom. The summed E-state index contributed by atoms with van der Waals surface area (Å²) in [7, 11) is -0.145. The lowest BCUT2D eigenvalue weighted by Gasteiger charge is -2.22. The first-order valence-electron chi connectivity index (χ1n) is 9.47. The summed E-state index contributed by atoms with van der Waals surface area (Å²) in [5.41, 5.74) is 0.573. The van der Waals surface area contributed by atoms with Crippen LogP contribution in [-0.4, -0.2) is 76.2 Å². The molecular formula is C19H31N3O5S. The van der Waals surface area contributed by atoms with E-state index in [1.165, 1.54) is 7.11 Å². The van der Waals surface area contributed by atoms with E-state index in [4.69, 9.17) is 9.47 Å². The number of hydrogen-bond donors (Lipinski definition) is 1. The summed E-state index contributed by atoms with van der Waals surface area (Å²) in [4.78, 5) is 14.5. The third-order valence-electron chi connectivity index (χ3n) is 4.53. The van der Waals surface area contributed by atoms with Crippen molar-refractivity contribution in [3.8, 4) is 11.5 Å². The van der Waals surface area contributed by atoms with Crippen LogP contribution in [0.4, 0.5) is 5.69 Å². The molecule has 1 aromatic rings. The molecule has 0 aromatic heterocycles. The van der Waals surface area contributed by atoms with Crippen molar-refractivity contribution < 1.29 is 22.7 Å². The zero-order valence-corrected chi connectivity index (χ0v) is 17.9. The topological polar surface area (TPSA) is 88.2 Å². The first kappa shape index (κ1) is 22.4. The number of nitrogens with one attached hydrogen (secondary N) is 1. The van der Waals surface area contributed by atoms with Crippen molar-refractivity contribution in [2.45, 2.75) is 20.3 Å². The van der Waals surface area contributed by atoms with Crippen molar-refractivity contribution in [3.63, 3.8) is 0 Å². The summed E-state index contributed by atoms with van der Waals surface area (Å²) in [6, 6.07) is 5.19. The molecule has 1 aliphatic heterocycles. The summed E-state index contributed by atoms with van der Waals surface area (Å²) in [5, 5.41) is 2.86. The van der Waals surface area contributed by atoms with Gasteiger partial charge in [0.1, 0.15) is 11.5 Å². The number of ether oxygens (including phenoxy) is 2. The molecule has 0 saturated carbocycles. The average Bonchev–Trinajstić information content (AvgIpc) is 2.87. The highest BCUT2D eigenvalue weighted by Crippen LogP contribution is 2.29. The van der Waals surface area contributed by atoms with E-state index in [-0.39, 0.29) is 24.1 Å². The van der Waals surface area contributed by atoms with E-state index in [2.05, 4.69) is 5.32 Å². The summed E-state index contributed by atoms with van der Waals surface area (Å²) in [6.07, 6.45) is 0.705. The van der Waals surface area contributed by atoms with Gasteiger partial charge in [-0.15, -0.1) is 0 Å². The van der Waals surface area contributed by atoms with Crippen LogP contribution in [0.2, 0.25) is 0 Å². The van der Waals surface area contributed by atoms with E-state index in [1.54, 1.807) is 29.6 Å². The zero-order valence-electron chi connectivity index (χ0n) is 17.1. The minimum atomic E-state index is -3.24. The van der Waals surface area contributed by atoms with Gasteiger partial charge in [-0.3, -0.25) is 9.69 Å². The SMILES string of the molecule is COc1ccc(NC(=O)CN2CCCN(S(=O)(=O)CC(C)C)CC2)c(OC)c1. The second-order valence-corrected chi connectivity index (χ2v) is 9.33. The van der Waals surface area contributed by atoms with Gasteiger partial charge in [0.15, 0.2) is 0 Å². The number of rotatable bonds is 8. The highest BCUT2D eigenvalue weighted by atomic mass is 32.2. The Morgan fingerprint density at radius 1 is 1.14 bits per heavy atom. The number of benzene rings is 1. The number of sulfonamides is 1. The van der Waals surface area contributed by atoms with Crippen LogP contribution in [0.5, 0.6) is 11.5 Å². The first-order valence-corrected chi connectivity index (χ1v) is 11.1. The van der Waals surface area contributed by atoms with Crippen LogP contribution < -0.4 is 14.8 Å². The Balaban J connectivity index is 1.93. The molecule has 1 aliphatic rings. The van der Waals surface area contributed by atoms with Gasteiger partial charge in [-0.25, -0.2) is 12.7 Å². The summed E-state index contributed by atoms with van der Waals surface area (Å²) < 4.78 is 36.9. The van der Waals surface area contributed by atoms with Crippen LogP contribution in [0, 0.1) is 5.92 Å². The lowest BCUT2D eigenvalue weighted by atomic mass is 10.2. The van der Waals surface area contributed by atoms with Crippen molar-refractivity contribution in [1.29, 1.82) is 0 Å². The minimum Gasteiger partial charge on any atom is -0.497 e. The fourth-order valence-corrected chi connectivity index (χ4v) is 5.03. The third-order valence-corrected chi connectivity index (χ3v) is 6.77. The summed E-state index contributed by atoms with van der Waals surface area (Å²) in [6.45, 7) is 6.13. The second kappa shape index (κ2) is 10.1. The Kier molecular flexibility index (Phi) is 8.09. The number of anilines is 1. The highest BCUT2D eigenvalue weighted by molar-refractivity contribution is 7.89. The number of hydrogen-bond acceptors (Lipinski definition) is 6. The molecular weight excluding hydrogens is 382 g/mol. The van der Waals surface area contributed by atoms with E-state index < -0.39 is 10.0 Å². The normalized spacial score (nSPS) is 16.6. The molecule has 1 saturated heterocycles. The van der Waals surface area contributed by atoms with Gasteiger partial charge in [0, 0.05) is 25.7 Å². The van der Waals surface area contributed by atoms with Crippen LogP contribution in [0.15, 0.2) is 18.2 Å². The Hall–Kier alpha value is -1.84. The molecule has 1 N–H and O–H groups in total. The van der Waals surface area contributed by atoms with Crippen molar-refractivity contribution in [3.05, 3.63) is 18.2 Å². The Morgan fingerprint density at radius 2 is 1.89 bits per heavy atom. The maximum atomic E-state index is 12.5. The minimum absolute atomic E-state index is 0.0922. The zero-order chi connectivity index (χ0) is 20.7. The predicted molar refractivity (Wildman–Crippen MR) is 109 cm³/mol. The van der Waals surface area contributed by atoms with Crippen LogP contribution in [0.1, 0.15) is 20.3 Å². The maximum absolute atomic E-state index is 12.5. The molecule has 28 heavy (non-hydrogen) atoms. The van der Waals surface area contributed by atoms with E-state index >= 15 is 0 Å². The van der Waals surface area contributed by atoms with E-state index in [1.807, 2.05) is 18.7 Å². The van der Waals surface area contributed by atoms with Gasteiger partial charge in [0.05, 0.1) is 32.2 Å². The van der Waals surface area contributed by atoms with Crippen molar-refractivity contribution >= 4 is 21.6 Å². The predicted octanol–water partition coefficient (Wildman–Crippen LogP) is 1.64. The van der Waals surface area contributed by atoms with Gasteiger partial charge >= 0.3 is 0 Å². The largest absolute Gasteiger partial charge is 0.497 e. The van der Waals surface area contributed by atoms with E-state index in [9.17, 15) is 13.2 Å². The highest BCUT2D eigenvalue weighted by Gasteiger charge is 2.26. The maximum Gasteiger partial charge on any atom is 0.238 e. The molecule has 1 heterocycles. The quantitative estimate of drug-likeness (QED) is 0.697. The van der Waals surface area contributed by atoms with Crippen LogP contribution in [0.25, 0.3) is 0 Å². The summed E-state index contributed by atoms with van der Waals surface area (Å²) in [5.74, 6) is 1.25. The smallest absolute Gasteiger partial charge is 0.238 e. The summed E-state index contributed by atoms with van der Waals surface area (Å²) >= 11 is 0. The van der Waals surface area contributed by atoms with Crippen LogP contribution in [-0.2, 0) is 14.8 Å². The molecule has 0 aliphatic carbocycles. The molecule has 1 amide bonds. The molecule has 0 bridgehead atoms. The monoisotopic (exact) mass is 413 g/mol. The third kappa shape index (κ3) is 6.35. The van der Waals surface area contributed by atoms with Crippen LogP contribution >= 0.6 is 0 Å². The van der Waals surface area contributed by atoms with E-state index in [0.717, 1.165) is 0 Å². The lowest BCUT2D eigenvalue weighted by Crippen LogP contribution is -2.39. The molecule has 158 valence electrons. The fourth-order valence-electron chi connectivity index (χ4n) is 3.20. The second-order valence-electron chi connectivity index (χ2n) is 7.32. The van der Waals surface area contributed by atoms with Crippen molar-refractivity contribution in [2.24, 2.45) is 5.92 Å². The van der Waals surface area contributed by atoms with Gasteiger partial charge in [0.2, 0.25) is 15.9 Å². The number of nitrogens with zero attached hydrogens (tertiary/aromatic N) is 2. The molecule has 0 unspecified atom stereocenters. The van der Waals surface area contributed by atoms with Gasteiger partial charge in [0.25, 0.3) is 0 Å². The van der Waals surface area contributed by atoms with E-state index in [0.29, 0.717) is 49.8 Å². The standard InChI is InChI=1S/C19H31N3O5S/c1-15(2)14-28(24,25)22-9-5-8-21(10-11-22)13-19(23)20-17-7-6-16(26-3)12-18(17)27-4/h6-7,12,15H,5,8-11,13-14H2,1-4H3,(H,20,23). The Labute approximate surface area is 167 Å². The molecule has 8 nitrogen and oxygen atoms in total. The molecule has 1 fully saturated rings. The van der Waals surface area contributed by atoms with Gasteiger partial charge in [-0.1, -0.05) is 13.8 Å². The van der Waals surface area contributed by atoms with Gasteiger partial charge in [-0.05, 0) is 31.0 Å². The van der Waals surface area contributed by atoms with Gasteiger partial charge < -0.3 is 14.8 Å². The number of carbonyl (C=O) groups excluding carboxylic acids is 1. The molecule has 0 radical (unpaired) electrons. The molecule has 0 atom stereocenters.